The van der Waals surface area contributed by atoms with Gasteiger partial charge in [0.15, 0.2) is 0 Å². The van der Waals surface area contributed by atoms with Crippen LogP contribution in [0.4, 0.5) is 0 Å². The molecule has 160 valence electrons. The Hall–Kier alpha value is -1.88. The van der Waals surface area contributed by atoms with Gasteiger partial charge >= 0.3 is 5.97 Å². The van der Waals surface area contributed by atoms with E-state index in [1.165, 1.54) is 43.3 Å². The zero-order valence-corrected chi connectivity index (χ0v) is 18.1. The zero-order chi connectivity index (χ0) is 19.9. The van der Waals surface area contributed by atoms with Crippen LogP contribution >= 0.6 is 12.4 Å². The molecule has 2 bridgehead atoms. The van der Waals surface area contributed by atoms with Crippen LogP contribution in [0.5, 0.6) is 0 Å². The van der Waals surface area contributed by atoms with Crippen LogP contribution in [-0.2, 0) is 15.1 Å². The summed E-state index contributed by atoms with van der Waals surface area (Å²) in [6.07, 6.45) is 6.94. The molecule has 0 radical (unpaired) electrons. The van der Waals surface area contributed by atoms with Gasteiger partial charge in [0.1, 0.15) is 6.10 Å². The molecule has 3 heterocycles. The van der Waals surface area contributed by atoms with Crippen LogP contribution in [0.15, 0.2) is 60.7 Å². The zero-order valence-electron chi connectivity index (χ0n) is 17.3. The number of halogens is 1. The minimum atomic E-state index is -1.78. The second-order valence-electron chi connectivity index (χ2n) is 9.08. The summed E-state index contributed by atoms with van der Waals surface area (Å²) < 4.78 is 7.32. The van der Waals surface area contributed by atoms with Gasteiger partial charge in [-0.25, -0.2) is 4.79 Å². The summed E-state index contributed by atoms with van der Waals surface area (Å²) in [6.45, 7) is 2.60. The highest BCUT2D eigenvalue weighted by molar-refractivity contribution is 5.86. The first-order valence-corrected chi connectivity index (χ1v) is 11.0. The average molecular weight is 429 g/mol. The molecule has 0 amide bonds. The molecule has 0 saturated carbocycles. The maximum absolute atomic E-state index is 13.4. The van der Waals surface area contributed by atoms with Crippen molar-refractivity contribution in [3.63, 3.8) is 0 Å². The number of ether oxygens (including phenoxy) is 1. The number of rotatable bonds is 4. The summed E-state index contributed by atoms with van der Waals surface area (Å²) >= 11 is 0. The summed E-state index contributed by atoms with van der Waals surface area (Å²) in [6, 6.07) is 19.6. The van der Waals surface area contributed by atoms with E-state index in [1.807, 2.05) is 36.4 Å². The fraction of sp³-hybridized carbons (Fsp3) is 0.480. The third kappa shape index (κ3) is 3.35. The molecule has 3 atom stereocenters. The average Bonchev–Trinajstić information content (AvgIpc) is 3.31. The maximum Gasteiger partial charge on any atom is 0.347 e. The van der Waals surface area contributed by atoms with Crippen LogP contribution in [0.2, 0.25) is 0 Å². The maximum atomic E-state index is 13.4. The largest absolute Gasteiger partial charge is 0.459 e. The van der Waals surface area contributed by atoms with E-state index >= 15 is 0 Å². The highest BCUT2D eigenvalue weighted by Crippen LogP contribution is 2.46. The highest BCUT2D eigenvalue weighted by atomic mass is 35.5. The highest BCUT2D eigenvalue weighted by Gasteiger charge is 2.56. The van der Waals surface area contributed by atoms with E-state index in [9.17, 15) is 9.90 Å². The summed E-state index contributed by atoms with van der Waals surface area (Å²) in [7, 11) is 0. The van der Waals surface area contributed by atoms with Crippen molar-refractivity contribution in [1.29, 1.82) is 0 Å². The van der Waals surface area contributed by atoms with Crippen LogP contribution in [0.25, 0.3) is 0 Å². The predicted octanol–water partition coefficient (Wildman–Crippen LogP) is 4.19. The Morgan fingerprint density at radius 2 is 1.33 bits per heavy atom. The molecule has 0 aliphatic carbocycles. The van der Waals surface area contributed by atoms with E-state index in [-0.39, 0.29) is 18.5 Å². The molecule has 5 rings (SSSR count). The minimum absolute atomic E-state index is 0. The topological polar surface area (TPSA) is 46.5 Å². The van der Waals surface area contributed by atoms with E-state index in [4.69, 9.17) is 4.74 Å². The number of nitrogens with zero attached hydrogens (tertiary/aromatic N) is 1. The molecular formula is C25H31ClNO3+. The third-order valence-electron chi connectivity index (χ3n) is 7.71. The quantitative estimate of drug-likeness (QED) is 0.586. The van der Waals surface area contributed by atoms with Gasteiger partial charge < -0.3 is 14.3 Å². The summed E-state index contributed by atoms with van der Waals surface area (Å²) in [5, 5.41) is 11.6. The van der Waals surface area contributed by atoms with E-state index in [1.54, 1.807) is 24.3 Å². The van der Waals surface area contributed by atoms with Gasteiger partial charge in [-0.3, -0.25) is 0 Å². The molecule has 5 heteroatoms. The second-order valence-corrected chi connectivity index (χ2v) is 9.08. The molecule has 0 aromatic heterocycles. The molecule has 3 aliphatic rings. The third-order valence-corrected chi connectivity index (χ3v) is 7.71. The van der Waals surface area contributed by atoms with Crippen molar-refractivity contribution in [2.45, 2.75) is 62.3 Å². The van der Waals surface area contributed by atoms with Crippen LogP contribution in [0, 0.1) is 0 Å². The van der Waals surface area contributed by atoms with Crippen molar-refractivity contribution >= 4 is 18.4 Å². The molecule has 30 heavy (non-hydrogen) atoms. The van der Waals surface area contributed by atoms with Gasteiger partial charge in [-0.1, -0.05) is 60.7 Å². The summed E-state index contributed by atoms with van der Waals surface area (Å²) in [5.74, 6) is -0.547. The molecule has 2 aromatic carbocycles. The Bertz CT molecular complexity index is 811. The van der Waals surface area contributed by atoms with Crippen molar-refractivity contribution in [3.8, 4) is 0 Å². The van der Waals surface area contributed by atoms with Gasteiger partial charge in [0, 0.05) is 38.5 Å². The Morgan fingerprint density at radius 1 is 0.867 bits per heavy atom. The molecule has 3 aliphatic heterocycles. The Balaban J connectivity index is 0.00000218. The number of esters is 1. The number of carbonyl (C=O) groups excluding carboxylic acids is 1. The number of piperidine rings is 1. The molecular weight excluding hydrogens is 398 g/mol. The van der Waals surface area contributed by atoms with E-state index in [0.717, 1.165) is 12.8 Å². The van der Waals surface area contributed by atoms with Gasteiger partial charge in [0.25, 0.3) is 0 Å². The lowest BCUT2D eigenvalue weighted by Crippen LogP contribution is -2.60. The minimum Gasteiger partial charge on any atom is -0.459 e. The Labute approximate surface area is 184 Å². The van der Waals surface area contributed by atoms with Gasteiger partial charge in [-0.15, -0.1) is 12.4 Å². The van der Waals surface area contributed by atoms with Crippen LogP contribution in [0.1, 0.15) is 49.7 Å². The number of benzene rings is 2. The van der Waals surface area contributed by atoms with Crippen molar-refractivity contribution in [3.05, 3.63) is 71.8 Å². The number of hydrogen-bond acceptors (Lipinski definition) is 3. The van der Waals surface area contributed by atoms with Crippen LogP contribution < -0.4 is 0 Å². The fourth-order valence-electron chi connectivity index (χ4n) is 6.30. The van der Waals surface area contributed by atoms with Gasteiger partial charge in [0.2, 0.25) is 5.60 Å². The fourth-order valence-corrected chi connectivity index (χ4v) is 6.30. The number of carbonyl (C=O) groups is 1. The van der Waals surface area contributed by atoms with Crippen molar-refractivity contribution < 1.29 is 19.1 Å². The first-order valence-electron chi connectivity index (χ1n) is 11.0. The van der Waals surface area contributed by atoms with Gasteiger partial charge in [-0.2, -0.15) is 0 Å². The molecule has 1 spiro atoms. The van der Waals surface area contributed by atoms with Crippen LogP contribution in [0.3, 0.4) is 0 Å². The summed E-state index contributed by atoms with van der Waals surface area (Å²) in [4.78, 5) is 13.4. The first kappa shape index (κ1) is 21.4. The van der Waals surface area contributed by atoms with E-state index < -0.39 is 11.6 Å². The molecule has 3 saturated heterocycles. The summed E-state index contributed by atoms with van der Waals surface area (Å²) in [5.41, 5.74) is -0.671. The lowest BCUT2D eigenvalue weighted by atomic mass is 9.86. The SMILES string of the molecule is Cl.O=C(OC1C[C@H]2CC[C@@H](C1)[N+]21CCCC1)C(O)(c1ccccc1)c1ccccc1. The molecule has 4 nitrogen and oxygen atoms in total. The second kappa shape index (κ2) is 8.33. The number of aliphatic hydroxyl groups is 1. The number of hydrogen-bond donors (Lipinski definition) is 1. The monoisotopic (exact) mass is 428 g/mol. The van der Waals surface area contributed by atoms with Crippen molar-refractivity contribution in [2.24, 2.45) is 0 Å². The molecule has 2 aromatic rings. The predicted molar refractivity (Wildman–Crippen MR) is 118 cm³/mol. The Kier molecular flexibility index (Phi) is 5.93. The van der Waals surface area contributed by atoms with E-state index in [0.29, 0.717) is 23.2 Å². The Morgan fingerprint density at radius 3 is 1.80 bits per heavy atom. The van der Waals surface area contributed by atoms with Crippen molar-refractivity contribution in [2.75, 3.05) is 13.1 Å². The molecule has 1 unspecified atom stereocenters. The first-order chi connectivity index (χ1) is 14.1. The lowest BCUT2D eigenvalue weighted by molar-refractivity contribution is -0.956. The van der Waals surface area contributed by atoms with Crippen LogP contribution in [-0.4, -0.2) is 46.8 Å². The number of quaternary nitrogens is 1. The lowest BCUT2D eigenvalue weighted by Gasteiger charge is -2.47. The molecule has 1 N–H and O–H groups in total. The van der Waals surface area contributed by atoms with Gasteiger partial charge in [-0.05, 0) is 11.1 Å². The molecule has 3 fully saturated rings. The smallest absolute Gasteiger partial charge is 0.347 e. The normalized spacial score (nSPS) is 26.9. The van der Waals surface area contributed by atoms with Crippen molar-refractivity contribution in [1.82, 2.24) is 0 Å². The van der Waals surface area contributed by atoms with Gasteiger partial charge in [0.05, 0.1) is 25.2 Å². The van der Waals surface area contributed by atoms with E-state index in [2.05, 4.69) is 0 Å². The standard InChI is InChI=1S/C25H30NO3.ClH/c27-24(25(28,19-9-3-1-4-10-19)20-11-5-2-6-12-20)29-23-17-21-13-14-22(18-23)26(21)15-7-8-16-26;/h1-6,9-12,21-23,28H,7-8,13-18H2;1H/q+1;/t21-,22+,23?;.